The standard InChI is InChI=1S/C30H33N3O3S2/c1-20-16-21(2)18-32(17-20)38(35,36)26-14-12-25(13-15-26)29(34)33(19-24-8-6-5-7-9-24)30-31-27-22(3)10-11-23(4)28(27)37-30/h5-15,20-21H,16-19H2,1-4H3. The van der Waals surface area contributed by atoms with E-state index in [2.05, 4.69) is 26.8 Å². The summed E-state index contributed by atoms with van der Waals surface area (Å²) in [6.45, 7) is 9.66. The third-order valence-corrected chi connectivity index (χ3v) is 10.2. The highest BCUT2D eigenvalue weighted by atomic mass is 32.2. The van der Waals surface area contributed by atoms with E-state index in [1.54, 1.807) is 33.5 Å². The van der Waals surface area contributed by atoms with E-state index in [1.807, 2.05) is 43.3 Å². The molecule has 0 aliphatic carbocycles. The molecule has 1 saturated heterocycles. The van der Waals surface area contributed by atoms with E-state index in [0.29, 0.717) is 42.2 Å². The van der Waals surface area contributed by atoms with Gasteiger partial charge in [-0.1, -0.05) is 67.6 Å². The lowest BCUT2D eigenvalue weighted by atomic mass is 9.94. The normalized spacial score (nSPS) is 18.5. The molecule has 198 valence electrons. The van der Waals surface area contributed by atoms with Crippen LogP contribution in [0.25, 0.3) is 10.2 Å². The van der Waals surface area contributed by atoms with Crippen molar-refractivity contribution in [2.45, 2.75) is 45.6 Å². The van der Waals surface area contributed by atoms with Gasteiger partial charge < -0.3 is 0 Å². The lowest BCUT2D eigenvalue weighted by molar-refractivity contribution is 0.0985. The molecule has 1 aromatic heterocycles. The zero-order valence-corrected chi connectivity index (χ0v) is 23.8. The number of piperidine rings is 1. The Kier molecular flexibility index (Phi) is 7.40. The quantitative estimate of drug-likeness (QED) is 0.279. The third-order valence-electron chi connectivity index (χ3n) is 7.16. The number of aromatic nitrogens is 1. The summed E-state index contributed by atoms with van der Waals surface area (Å²) in [6.07, 6.45) is 1.03. The molecule has 1 aliphatic rings. The molecule has 5 rings (SSSR count). The van der Waals surface area contributed by atoms with Crippen LogP contribution in [0.2, 0.25) is 0 Å². The second kappa shape index (κ2) is 10.6. The number of aryl methyl sites for hydroxylation is 2. The first-order valence-corrected chi connectivity index (χ1v) is 15.2. The molecule has 8 heteroatoms. The minimum Gasteiger partial charge on any atom is -0.279 e. The van der Waals surface area contributed by atoms with Crippen LogP contribution in [-0.2, 0) is 16.6 Å². The predicted molar refractivity (Wildman–Crippen MR) is 154 cm³/mol. The number of amides is 1. The Labute approximate surface area is 229 Å². The maximum atomic E-state index is 13.9. The Balaban J connectivity index is 1.48. The number of carbonyl (C=O) groups excluding carboxylic acids is 1. The zero-order valence-electron chi connectivity index (χ0n) is 22.2. The van der Waals surface area contributed by atoms with E-state index in [9.17, 15) is 13.2 Å². The number of fused-ring (bicyclic) bond motifs is 1. The maximum Gasteiger partial charge on any atom is 0.260 e. The van der Waals surface area contributed by atoms with Gasteiger partial charge in [0.15, 0.2) is 5.13 Å². The van der Waals surface area contributed by atoms with Crippen molar-refractivity contribution in [2.24, 2.45) is 11.8 Å². The lowest BCUT2D eigenvalue weighted by Crippen LogP contribution is -2.42. The van der Waals surface area contributed by atoms with Gasteiger partial charge in [-0.3, -0.25) is 9.69 Å². The van der Waals surface area contributed by atoms with Gasteiger partial charge in [-0.05, 0) is 73.1 Å². The van der Waals surface area contributed by atoms with E-state index in [1.165, 1.54) is 11.3 Å². The molecule has 1 aliphatic heterocycles. The van der Waals surface area contributed by atoms with Crippen LogP contribution >= 0.6 is 11.3 Å². The van der Waals surface area contributed by atoms with Crippen molar-refractivity contribution in [3.8, 4) is 0 Å². The number of nitrogens with zero attached hydrogens (tertiary/aromatic N) is 3. The van der Waals surface area contributed by atoms with Crippen LogP contribution in [0.15, 0.2) is 71.6 Å². The molecule has 3 aromatic carbocycles. The van der Waals surface area contributed by atoms with E-state index in [0.717, 1.165) is 33.3 Å². The van der Waals surface area contributed by atoms with Gasteiger partial charge in [0.2, 0.25) is 10.0 Å². The highest BCUT2D eigenvalue weighted by Crippen LogP contribution is 2.35. The van der Waals surface area contributed by atoms with Crippen LogP contribution in [0.1, 0.15) is 47.3 Å². The van der Waals surface area contributed by atoms with Crippen molar-refractivity contribution in [1.82, 2.24) is 9.29 Å². The van der Waals surface area contributed by atoms with E-state index in [4.69, 9.17) is 4.98 Å². The van der Waals surface area contributed by atoms with E-state index in [-0.39, 0.29) is 10.8 Å². The molecule has 2 heterocycles. The fourth-order valence-corrected chi connectivity index (χ4v) is 8.02. The number of rotatable bonds is 6. The Morgan fingerprint density at radius 2 is 1.58 bits per heavy atom. The average molecular weight is 548 g/mol. The van der Waals surface area contributed by atoms with Crippen molar-refractivity contribution in [1.29, 1.82) is 0 Å². The summed E-state index contributed by atoms with van der Waals surface area (Å²) in [5.74, 6) is 0.427. The van der Waals surface area contributed by atoms with E-state index >= 15 is 0 Å². The third kappa shape index (κ3) is 5.25. The van der Waals surface area contributed by atoms with Gasteiger partial charge in [-0.15, -0.1) is 0 Å². The molecule has 0 radical (unpaired) electrons. The SMILES string of the molecule is Cc1ccc(C)c2sc(N(Cc3ccccc3)C(=O)c3ccc(S(=O)(=O)N4CC(C)CC(C)C4)cc3)nc12. The predicted octanol–water partition coefficient (Wildman–Crippen LogP) is 6.43. The van der Waals surface area contributed by atoms with Gasteiger partial charge in [0.25, 0.3) is 5.91 Å². The fraction of sp³-hybridized carbons (Fsp3) is 0.333. The number of hydrogen-bond donors (Lipinski definition) is 0. The first-order valence-electron chi connectivity index (χ1n) is 13.0. The van der Waals surface area contributed by atoms with Crippen LogP contribution in [0.3, 0.4) is 0 Å². The number of thiazole rings is 1. The summed E-state index contributed by atoms with van der Waals surface area (Å²) in [5.41, 5.74) is 4.50. The van der Waals surface area contributed by atoms with Crippen molar-refractivity contribution in [3.05, 3.63) is 89.0 Å². The minimum absolute atomic E-state index is 0.215. The number of benzene rings is 3. The molecular weight excluding hydrogens is 514 g/mol. The molecule has 6 nitrogen and oxygen atoms in total. The summed E-state index contributed by atoms with van der Waals surface area (Å²) in [6, 6.07) is 20.3. The highest BCUT2D eigenvalue weighted by molar-refractivity contribution is 7.89. The zero-order chi connectivity index (χ0) is 27.0. The number of anilines is 1. The molecule has 2 atom stereocenters. The van der Waals surface area contributed by atoms with Gasteiger partial charge in [0, 0.05) is 18.7 Å². The van der Waals surface area contributed by atoms with Crippen LogP contribution in [0.5, 0.6) is 0 Å². The Bertz CT molecular complexity index is 1510. The maximum absolute atomic E-state index is 13.9. The smallest absolute Gasteiger partial charge is 0.260 e. The van der Waals surface area contributed by atoms with Crippen molar-refractivity contribution in [2.75, 3.05) is 18.0 Å². The number of hydrogen-bond acceptors (Lipinski definition) is 5. The summed E-state index contributed by atoms with van der Waals surface area (Å²) in [4.78, 5) is 20.7. The second-order valence-electron chi connectivity index (χ2n) is 10.5. The Morgan fingerprint density at radius 1 is 0.947 bits per heavy atom. The molecule has 38 heavy (non-hydrogen) atoms. The average Bonchev–Trinajstić information content (AvgIpc) is 3.36. The number of sulfonamides is 1. The number of carbonyl (C=O) groups is 1. The van der Waals surface area contributed by atoms with Gasteiger partial charge in [-0.25, -0.2) is 13.4 Å². The Hall–Kier alpha value is -3.07. The largest absolute Gasteiger partial charge is 0.279 e. The van der Waals surface area contributed by atoms with Crippen molar-refractivity contribution in [3.63, 3.8) is 0 Å². The van der Waals surface area contributed by atoms with Gasteiger partial charge >= 0.3 is 0 Å². The molecule has 1 amide bonds. The van der Waals surface area contributed by atoms with Crippen LogP contribution in [0, 0.1) is 25.7 Å². The van der Waals surface area contributed by atoms with Crippen molar-refractivity contribution >= 4 is 42.6 Å². The fourth-order valence-electron chi connectivity index (χ4n) is 5.23. The molecule has 0 spiro atoms. The van der Waals surface area contributed by atoms with Crippen LogP contribution in [0.4, 0.5) is 5.13 Å². The molecule has 0 saturated carbocycles. The molecule has 0 bridgehead atoms. The first kappa shape index (κ1) is 26.5. The molecule has 0 N–H and O–H groups in total. The molecule has 4 aromatic rings. The van der Waals surface area contributed by atoms with Crippen molar-refractivity contribution < 1.29 is 13.2 Å². The first-order chi connectivity index (χ1) is 18.1. The summed E-state index contributed by atoms with van der Waals surface area (Å²) < 4.78 is 29.3. The monoisotopic (exact) mass is 547 g/mol. The second-order valence-corrected chi connectivity index (χ2v) is 13.5. The van der Waals surface area contributed by atoms with Gasteiger partial charge in [-0.2, -0.15) is 4.31 Å². The molecular formula is C30H33N3O3S2. The van der Waals surface area contributed by atoms with Crippen LogP contribution in [-0.4, -0.2) is 36.7 Å². The lowest BCUT2D eigenvalue weighted by Gasteiger charge is -2.34. The highest BCUT2D eigenvalue weighted by Gasteiger charge is 2.32. The summed E-state index contributed by atoms with van der Waals surface area (Å²) >= 11 is 1.51. The van der Waals surface area contributed by atoms with Gasteiger partial charge in [0.1, 0.15) is 0 Å². The summed E-state index contributed by atoms with van der Waals surface area (Å²) in [5, 5.41) is 0.624. The topological polar surface area (TPSA) is 70.6 Å². The van der Waals surface area contributed by atoms with Gasteiger partial charge in [0.05, 0.1) is 21.7 Å². The Morgan fingerprint density at radius 3 is 2.21 bits per heavy atom. The summed E-state index contributed by atoms with van der Waals surface area (Å²) in [7, 11) is -3.62. The molecule has 1 fully saturated rings. The minimum atomic E-state index is -3.62. The van der Waals surface area contributed by atoms with Crippen LogP contribution < -0.4 is 4.90 Å². The molecule has 2 unspecified atom stereocenters. The van der Waals surface area contributed by atoms with E-state index < -0.39 is 10.0 Å².